The highest BCUT2D eigenvalue weighted by molar-refractivity contribution is 5.58. The van der Waals surface area contributed by atoms with E-state index in [9.17, 15) is 0 Å². The second kappa shape index (κ2) is 8.07. The molecule has 7 heteroatoms. The van der Waals surface area contributed by atoms with Crippen LogP contribution in [0, 0.1) is 0 Å². The number of anilines is 1. The minimum atomic E-state index is 0.0152. The zero-order valence-corrected chi connectivity index (χ0v) is 16.2. The second-order valence-electron chi connectivity index (χ2n) is 6.52. The van der Waals surface area contributed by atoms with Crippen LogP contribution in [0.25, 0.3) is 11.5 Å². The normalized spacial score (nSPS) is 12.1. The van der Waals surface area contributed by atoms with Crippen molar-refractivity contribution in [1.29, 1.82) is 0 Å². The zero-order valence-electron chi connectivity index (χ0n) is 16.2. The molecule has 0 aliphatic carbocycles. The lowest BCUT2D eigenvalue weighted by Gasteiger charge is -2.17. The smallest absolute Gasteiger partial charge is 0.258 e. The Hall–Kier alpha value is -3.09. The van der Waals surface area contributed by atoms with Crippen molar-refractivity contribution in [3.8, 4) is 23.0 Å². The van der Waals surface area contributed by atoms with E-state index in [1.165, 1.54) is 0 Å². The number of rotatable bonds is 7. The van der Waals surface area contributed by atoms with Gasteiger partial charge in [0.1, 0.15) is 5.82 Å². The summed E-state index contributed by atoms with van der Waals surface area (Å²) in [4.78, 5) is 8.83. The van der Waals surface area contributed by atoms with Crippen LogP contribution in [-0.4, -0.2) is 29.3 Å². The Kier molecular flexibility index (Phi) is 5.59. The molecule has 3 aromatic rings. The fourth-order valence-electron chi connectivity index (χ4n) is 2.66. The number of pyridine rings is 1. The highest BCUT2D eigenvalue weighted by Crippen LogP contribution is 2.31. The van der Waals surface area contributed by atoms with Gasteiger partial charge in [-0.25, -0.2) is 4.98 Å². The summed E-state index contributed by atoms with van der Waals surface area (Å²) in [6, 6.07) is 9.60. The van der Waals surface area contributed by atoms with E-state index in [1.807, 2.05) is 44.2 Å². The van der Waals surface area contributed by atoms with Crippen LogP contribution in [0.2, 0.25) is 0 Å². The Labute approximate surface area is 158 Å². The Bertz CT molecular complexity index is 908. The molecule has 0 saturated carbocycles. The molecule has 0 aliphatic rings. The maximum absolute atomic E-state index is 5.38. The summed E-state index contributed by atoms with van der Waals surface area (Å²) in [6.07, 6.45) is 1.72. The van der Waals surface area contributed by atoms with E-state index in [1.54, 1.807) is 20.4 Å². The number of nitrogens with one attached hydrogen (secondary N) is 1. The van der Waals surface area contributed by atoms with Gasteiger partial charge < -0.3 is 19.3 Å². The fourth-order valence-corrected chi connectivity index (χ4v) is 2.66. The standard InChI is InChI=1S/C20H24N4O3/c1-12(2)19-23-20(27-24-19)15-8-9-21-18(11-15)22-13(3)14-6-7-16(25-4)17(10-14)26-5/h6-13H,1-5H3,(H,21,22). The van der Waals surface area contributed by atoms with E-state index in [0.717, 1.165) is 16.9 Å². The molecule has 1 N–H and O–H groups in total. The third kappa shape index (κ3) is 4.19. The first kappa shape index (κ1) is 18.7. The van der Waals surface area contributed by atoms with Crippen LogP contribution in [0.15, 0.2) is 41.1 Å². The number of ether oxygens (including phenoxy) is 2. The molecule has 0 spiro atoms. The van der Waals surface area contributed by atoms with Gasteiger partial charge in [0.15, 0.2) is 17.3 Å². The lowest BCUT2D eigenvalue weighted by atomic mass is 10.1. The predicted octanol–water partition coefficient (Wildman–Crippen LogP) is 4.45. The summed E-state index contributed by atoms with van der Waals surface area (Å²) in [5.74, 6) is 3.51. The molecular weight excluding hydrogens is 344 g/mol. The first-order valence-corrected chi connectivity index (χ1v) is 8.80. The van der Waals surface area contributed by atoms with Crippen molar-refractivity contribution in [2.24, 2.45) is 0 Å². The summed E-state index contributed by atoms with van der Waals surface area (Å²) < 4.78 is 16.0. The van der Waals surface area contributed by atoms with Crippen LogP contribution in [0.4, 0.5) is 5.82 Å². The Morgan fingerprint density at radius 1 is 1.00 bits per heavy atom. The molecule has 2 heterocycles. The SMILES string of the molecule is COc1ccc(C(C)Nc2cc(-c3nc(C(C)C)no3)ccn2)cc1OC. The monoisotopic (exact) mass is 368 g/mol. The van der Waals surface area contributed by atoms with E-state index in [0.29, 0.717) is 23.2 Å². The summed E-state index contributed by atoms with van der Waals surface area (Å²) in [6.45, 7) is 6.11. The zero-order chi connectivity index (χ0) is 19.4. The molecule has 7 nitrogen and oxygen atoms in total. The van der Waals surface area contributed by atoms with Gasteiger partial charge in [-0.15, -0.1) is 0 Å². The van der Waals surface area contributed by atoms with E-state index in [2.05, 4.69) is 27.4 Å². The molecule has 0 saturated heterocycles. The Balaban J connectivity index is 1.79. The maximum atomic E-state index is 5.38. The van der Waals surface area contributed by atoms with Gasteiger partial charge >= 0.3 is 0 Å². The van der Waals surface area contributed by atoms with Crippen LogP contribution in [0.1, 0.15) is 44.1 Å². The van der Waals surface area contributed by atoms with E-state index < -0.39 is 0 Å². The molecule has 0 radical (unpaired) electrons. The van der Waals surface area contributed by atoms with Gasteiger partial charge in [-0.2, -0.15) is 4.98 Å². The van der Waals surface area contributed by atoms with Crippen LogP contribution in [0.5, 0.6) is 11.5 Å². The fraction of sp³-hybridized carbons (Fsp3) is 0.350. The van der Waals surface area contributed by atoms with Crippen molar-refractivity contribution in [1.82, 2.24) is 15.1 Å². The van der Waals surface area contributed by atoms with Crippen LogP contribution >= 0.6 is 0 Å². The van der Waals surface area contributed by atoms with E-state index >= 15 is 0 Å². The summed E-state index contributed by atoms with van der Waals surface area (Å²) >= 11 is 0. The molecule has 1 aromatic carbocycles. The maximum Gasteiger partial charge on any atom is 0.258 e. The number of methoxy groups -OCH3 is 2. The number of hydrogen-bond acceptors (Lipinski definition) is 7. The van der Waals surface area contributed by atoms with Gasteiger partial charge in [-0.1, -0.05) is 25.1 Å². The molecule has 1 unspecified atom stereocenters. The molecule has 2 aromatic heterocycles. The van der Waals surface area contributed by atoms with Crippen LogP contribution in [-0.2, 0) is 0 Å². The van der Waals surface area contributed by atoms with E-state index in [-0.39, 0.29) is 12.0 Å². The van der Waals surface area contributed by atoms with Crippen molar-refractivity contribution in [2.45, 2.75) is 32.7 Å². The Morgan fingerprint density at radius 3 is 2.44 bits per heavy atom. The molecule has 0 bridgehead atoms. The molecule has 142 valence electrons. The molecule has 3 rings (SSSR count). The summed E-state index contributed by atoms with van der Waals surface area (Å²) in [7, 11) is 3.25. The van der Waals surface area contributed by atoms with Crippen LogP contribution < -0.4 is 14.8 Å². The second-order valence-corrected chi connectivity index (χ2v) is 6.52. The summed E-state index contributed by atoms with van der Waals surface area (Å²) in [5.41, 5.74) is 1.88. The quantitative estimate of drug-likeness (QED) is 0.660. The molecular formula is C20H24N4O3. The first-order valence-electron chi connectivity index (χ1n) is 8.80. The van der Waals surface area contributed by atoms with Gasteiger partial charge in [0.05, 0.1) is 20.3 Å². The van der Waals surface area contributed by atoms with E-state index in [4.69, 9.17) is 14.0 Å². The van der Waals surface area contributed by atoms with Crippen molar-refractivity contribution < 1.29 is 14.0 Å². The third-order valence-electron chi connectivity index (χ3n) is 4.24. The lowest BCUT2D eigenvalue weighted by Crippen LogP contribution is -2.08. The van der Waals surface area contributed by atoms with Gasteiger partial charge in [-0.05, 0) is 36.8 Å². The third-order valence-corrected chi connectivity index (χ3v) is 4.24. The topological polar surface area (TPSA) is 82.3 Å². The molecule has 1 atom stereocenters. The van der Waals surface area contributed by atoms with Gasteiger partial charge in [0.25, 0.3) is 5.89 Å². The number of nitrogens with zero attached hydrogens (tertiary/aromatic N) is 3. The van der Waals surface area contributed by atoms with Crippen LogP contribution in [0.3, 0.4) is 0 Å². The number of benzene rings is 1. The lowest BCUT2D eigenvalue weighted by molar-refractivity contribution is 0.354. The molecule has 0 fully saturated rings. The van der Waals surface area contributed by atoms with Gasteiger partial charge in [0, 0.05) is 17.7 Å². The van der Waals surface area contributed by atoms with Crippen molar-refractivity contribution >= 4 is 5.82 Å². The number of hydrogen-bond donors (Lipinski definition) is 1. The van der Waals surface area contributed by atoms with Crippen molar-refractivity contribution in [2.75, 3.05) is 19.5 Å². The average molecular weight is 368 g/mol. The highest BCUT2D eigenvalue weighted by Gasteiger charge is 2.14. The average Bonchev–Trinajstić information content (AvgIpc) is 3.18. The largest absolute Gasteiger partial charge is 0.493 e. The molecule has 0 amide bonds. The Morgan fingerprint density at radius 2 is 1.78 bits per heavy atom. The summed E-state index contributed by atoms with van der Waals surface area (Å²) in [5, 5.41) is 7.40. The minimum absolute atomic E-state index is 0.0152. The molecule has 0 aliphatic heterocycles. The highest BCUT2D eigenvalue weighted by atomic mass is 16.5. The van der Waals surface area contributed by atoms with Gasteiger partial charge in [0.2, 0.25) is 0 Å². The predicted molar refractivity (Wildman–Crippen MR) is 103 cm³/mol. The van der Waals surface area contributed by atoms with Gasteiger partial charge in [-0.3, -0.25) is 0 Å². The minimum Gasteiger partial charge on any atom is -0.493 e. The first-order chi connectivity index (χ1) is 13.0. The molecule has 27 heavy (non-hydrogen) atoms. The van der Waals surface area contributed by atoms with Crippen molar-refractivity contribution in [3.63, 3.8) is 0 Å². The number of aromatic nitrogens is 3. The van der Waals surface area contributed by atoms with Crippen molar-refractivity contribution in [3.05, 3.63) is 47.9 Å².